The van der Waals surface area contributed by atoms with Gasteiger partial charge in [0.2, 0.25) is 5.90 Å². The predicted molar refractivity (Wildman–Crippen MR) is 45.0 cm³/mol. The fourth-order valence-corrected chi connectivity index (χ4v) is 1.03. The largest absolute Gasteiger partial charge is 0.467 e. The Morgan fingerprint density at radius 2 is 2.22 bits per heavy atom. The van der Waals surface area contributed by atoms with Gasteiger partial charge in [-0.1, -0.05) is 0 Å². The topological polar surface area (TPSA) is 33.1 Å². The molecule has 0 fully saturated rings. The van der Waals surface area contributed by atoms with Gasteiger partial charge in [-0.15, -0.1) is 0 Å². The van der Waals surface area contributed by atoms with Gasteiger partial charge in [0.25, 0.3) is 0 Å². The molecule has 9 heavy (non-hydrogen) atoms. The monoisotopic (exact) mass is 237 g/mol. The molecule has 0 aliphatic carbocycles. The number of hydrogen-bond donors (Lipinski definition) is 1. The van der Waals surface area contributed by atoms with E-state index in [9.17, 15) is 0 Å². The molecule has 1 aliphatic heterocycles. The summed E-state index contributed by atoms with van der Waals surface area (Å²) in [6.45, 7) is 3.90. The lowest BCUT2D eigenvalue weighted by molar-refractivity contribution is 0.158. The van der Waals surface area contributed by atoms with Crippen molar-refractivity contribution in [2.75, 3.05) is 0 Å². The second-order valence-electron chi connectivity index (χ2n) is 2.47. The lowest BCUT2D eigenvalue weighted by Gasteiger charge is -2.17. The summed E-state index contributed by atoms with van der Waals surface area (Å²) in [5, 5.41) is 7.13. The number of halogens is 1. The van der Waals surface area contributed by atoms with Crippen LogP contribution in [0.2, 0.25) is 0 Å². The van der Waals surface area contributed by atoms with Crippen LogP contribution in [0, 0.1) is 5.41 Å². The van der Waals surface area contributed by atoms with Crippen molar-refractivity contribution in [1.82, 2.24) is 0 Å². The molecule has 0 aromatic heterocycles. The number of nitrogens with one attached hydrogen (secondary N) is 1. The van der Waals surface area contributed by atoms with E-state index in [4.69, 9.17) is 10.1 Å². The Kier molecular flexibility index (Phi) is 1.54. The van der Waals surface area contributed by atoms with Gasteiger partial charge >= 0.3 is 0 Å². The predicted octanol–water partition coefficient (Wildman–Crippen LogP) is 2.09. The molecule has 0 amide bonds. The van der Waals surface area contributed by atoms with Crippen molar-refractivity contribution in [2.24, 2.45) is 0 Å². The first-order valence-electron chi connectivity index (χ1n) is 2.67. The Labute approximate surface area is 67.9 Å². The van der Waals surface area contributed by atoms with Crippen molar-refractivity contribution in [3.05, 3.63) is 9.66 Å². The molecular weight excluding hydrogens is 229 g/mol. The Morgan fingerprint density at radius 1 is 1.67 bits per heavy atom. The third-order valence-corrected chi connectivity index (χ3v) is 2.81. The number of hydrogen-bond acceptors (Lipinski definition) is 2. The molecule has 0 saturated carbocycles. The van der Waals surface area contributed by atoms with E-state index in [0.717, 1.165) is 3.58 Å². The molecule has 1 heterocycles. The Hall–Kier alpha value is -0.0600. The van der Waals surface area contributed by atoms with E-state index in [-0.39, 0.29) is 11.5 Å². The Bertz CT molecular complexity index is 183. The van der Waals surface area contributed by atoms with Crippen LogP contribution < -0.4 is 0 Å². The van der Waals surface area contributed by atoms with Crippen molar-refractivity contribution in [1.29, 1.82) is 5.41 Å². The van der Waals surface area contributed by atoms with Crippen molar-refractivity contribution < 1.29 is 4.74 Å². The van der Waals surface area contributed by atoms with Gasteiger partial charge in [-0.25, -0.2) is 0 Å². The lowest BCUT2D eigenvalue weighted by Crippen LogP contribution is -2.20. The van der Waals surface area contributed by atoms with Crippen LogP contribution in [-0.4, -0.2) is 11.5 Å². The Morgan fingerprint density at radius 3 is 2.33 bits per heavy atom. The number of rotatable bonds is 0. The van der Waals surface area contributed by atoms with Crippen molar-refractivity contribution >= 4 is 28.5 Å². The molecule has 0 radical (unpaired) electrons. The molecule has 0 bridgehead atoms. The molecular formula is C6H8INO. The maximum Gasteiger partial charge on any atom is 0.207 e. The third-order valence-electron chi connectivity index (χ3n) is 1.20. The second kappa shape index (κ2) is 1.97. The van der Waals surface area contributed by atoms with Crippen LogP contribution in [0.15, 0.2) is 9.66 Å². The molecule has 0 aromatic rings. The highest BCUT2D eigenvalue weighted by Gasteiger charge is 2.29. The molecule has 1 N–H and O–H groups in total. The first-order chi connectivity index (χ1) is 4.02. The van der Waals surface area contributed by atoms with E-state index in [1.165, 1.54) is 0 Å². The minimum absolute atomic E-state index is 0.252. The minimum atomic E-state index is -0.252. The highest BCUT2D eigenvalue weighted by atomic mass is 127. The van der Waals surface area contributed by atoms with Crippen LogP contribution >= 0.6 is 22.6 Å². The van der Waals surface area contributed by atoms with Gasteiger partial charge in [0.05, 0.1) is 0 Å². The highest BCUT2D eigenvalue weighted by molar-refractivity contribution is 14.1. The summed E-state index contributed by atoms with van der Waals surface area (Å²) in [5.74, 6) is 0.268. The molecule has 2 nitrogen and oxygen atoms in total. The maximum atomic E-state index is 7.13. The summed E-state index contributed by atoms with van der Waals surface area (Å²) in [7, 11) is 0. The molecule has 0 atom stereocenters. The van der Waals surface area contributed by atoms with Crippen LogP contribution in [0.25, 0.3) is 0 Å². The summed E-state index contributed by atoms with van der Waals surface area (Å²) in [6.07, 6.45) is 1.74. The van der Waals surface area contributed by atoms with Crippen molar-refractivity contribution in [2.45, 2.75) is 19.4 Å². The van der Waals surface area contributed by atoms with E-state index in [1.807, 2.05) is 13.8 Å². The van der Waals surface area contributed by atoms with Gasteiger partial charge in [0.1, 0.15) is 5.60 Å². The van der Waals surface area contributed by atoms with Gasteiger partial charge in [-0.2, -0.15) is 0 Å². The zero-order valence-corrected chi connectivity index (χ0v) is 7.52. The minimum Gasteiger partial charge on any atom is -0.467 e. The van der Waals surface area contributed by atoms with Crippen molar-refractivity contribution in [3.8, 4) is 0 Å². The summed E-state index contributed by atoms with van der Waals surface area (Å²) < 4.78 is 6.23. The fourth-order valence-electron chi connectivity index (χ4n) is 0.642. The molecule has 1 rings (SSSR count). The van der Waals surface area contributed by atoms with Gasteiger partial charge < -0.3 is 4.74 Å². The summed E-state index contributed by atoms with van der Waals surface area (Å²) >= 11 is 2.19. The van der Waals surface area contributed by atoms with Gasteiger partial charge in [-0.05, 0) is 36.4 Å². The first kappa shape index (κ1) is 7.05. The van der Waals surface area contributed by atoms with E-state index in [1.54, 1.807) is 6.08 Å². The van der Waals surface area contributed by atoms with Crippen LogP contribution in [0.4, 0.5) is 0 Å². The van der Waals surface area contributed by atoms with Crippen LogP contribution in [0.5, 0.6) is 0 Å². The zero-order valence-electron chi connectivity index (χ0n) is 5.36. The van der Waals surface area contributed by atoms with Crippen LogP contribution in [0.1, 0.15) is 13.8 Å². The highest BCUT2D eigenvalue weighted by Crippen LogP contribution is 2.31. The zero-order chi connectivity index (χ0) is 7.07. The fraction of sp³-hybridized carbons (Fsp3) is 0.500. The molecule has 3 heteroatoms. The third kappa shape index (κ3) is 1.26. The van der Waals surface area contributed by atoms with Gasteiger partial charge in [0, 0.05) is 9.66 Å². The van der Waals surface area contributed by atoms with Crippen LogP contribution in [-0.2, 0) is 4.74 Å². The molecule has 0 saturated heterocycles. The molecule has 50 valence electrons. The average molecular weight is 237 g/mol. The van der Waals surface area contributed by atoms with Crippen LogP contribution in [0.3, 0.4) is 0 Å². The molecule has 0 unspecified atom stereocenters. The van der Waals surface area contributed by atoms with E-state index in [2.05, 4.69) is 22.6 Å². The standard InChI is InChI=1S/C6H8INO/c1-6(2)4(7)3-5(8)9-6/h3,8H,1-2H3. The van der Waals surface area contributed by atoms with Crippen molar-refractivity contribution in [3.63, 3.8) is 0 Å². The normalized spacial score (nSPS) is 23.4. The smallest absolute Gasteiger partial charge is 0.207 e. The summed E-state index contributed by atoms with van der Waals surface area (Å²) in [4.78, 5) is 0. The van der Waals surface area contributed by atoms with Gasteiger partial charge in [-0.3, -0.25) is 5.41 Å². The summed E-state index contributed by atoms with van der Waals surface area (Å²) in [6, 6.07) is 0. The lowest BCUT2D eigenvalue weighted by atomic mass is 10.1. The molecule has 0 aromatic carbocycles. The maximum absolute atomic E-state index is 7.13. The number of ether oxygens (including phenoxy) is 1. The second-order valence-corrected chi connectivity index (χ2v) is 3.63. The van der Waals surface area contributed by atoms with E-state index >= 15 is 0 Å². The SMILES string of the molecule is CC1(C)OC(=N)C=C1I. The quantitative estimate of drug-likeness (QED) is 0.643. The first-order valence-corrected chi connectivity index (χ1v) is 3.75. The average Bonchev–Trinajstić information content (AvgIpc) is 1.79. The molecule has 1 aliphatic rings. The van der Waals surface area contributed by atoms with E-state index in [0.29, 0.717) is 0 Å². The van der Waals surface area contributed by atoms with E-state index < -0.39 is 0 Å². The Balaban J connectivity index is 2.89. The summed E-state index contributed by atoms with van der Waals surface area (Å²) in [5.41, 5.74) is -0.252. The molecule has 0 spiro atoms. The van der Waals surface area contributed by atoms with Gasteiger partial charge in [0.15, 0.2) is 0 Å².